The first kappa shape index (κ1) is 18.8. The average Bonchev–Trinajstić information content (AvgIpc) is 3.25. The van der Waals surface area contributed by atoms with Gasteiger partial charge in [-0.1, -0.05) is 43.2 Å². The molecule has 146 valence electrons. The van der Waals surface area contributed by atoms with Crippen LogP contribution in [0.15, 0.2) is 53.3 Å². The van der Waals surface area contributed by atoms with Crippen LogP contribution >= 0.6 is 0 Å². The predicted molar refractivity (Wildman–Crippen MR) is 110 cm³/mol. The summed E-state index contributed by atoms with van der Waals surface area (Å²) in [4.78, 5) is 15.3. The second kappa shape index (κ2) is 8.23. The lowest BCUT2D eigenvalue weighted by Gasteiger charge is -2.24. The average molecular weight is 379 g/mol. The van der Waals surface area contributed by atoms with Crippen molar-refractivity contribution < 1.29 is 4.39 Å². The Balaban J connectivity index is 1.63. The largest absolute Gasteiger partial charge is 0.302 e. The number of hydrogen-bond donors (Lipinski definition) is 0. The molecule has 28 heavy (non-hydrogen) atoms. The van der Waals surface area contributed by atoms with Gasteiger partial charge in [0.15, 0.2) is 0 Å². The minimum atomic E-state index is -0.249. The number of rotatable bonds is 6. The molecule has 1 aromatic heterocycles. The zero-order valence-corrected chi connectivity index (χ0v) is 16.3. The smallest absolute Gasteiger partial charge is 0.274 e. The highest BCUT2D eigenvalue weighted by atomic mass is 19.1. The van der Waals surface area contributed by atoms with Gasteiger partial charge in [0.05, 0.1) is 17.6 Å². The van der Waals surface area contributed by atoms with Crippen LogP contribution in [0.5, 0.6) is 0 Å². The number of aromatic nitrogens is 2. The number of benzene rings is 2. The number of hydrogen-bond acceptors (Lipinski definition) is 3. The highest BCUT2D eigenvalue weighted by molar-refractivity contribution is 5.83. The van der Waals surface area contributed by atoms with E-state index in [1.54, 1.807) is 16.8 Å². The van der Waals surface area contributed by atoms with Gasteiger partial charge in [0.2, 0.25) is 0 Å². The quantitative estimate of drug-likeness (QED) is 0.650. The summed E-state index contributed by atoms with van der Waals surface area (Å²) in [5, 5.41) is 6.27. The van der Waals surface area contributed by atoms with Gasteiger partial charge in [-0.15, -0.1) is 0 Å². The SMILES string of the molecule is CN(CCn1nc(Cc2ccc(F)cc2)c2ccccc2c1=O)C1CCCC1. The second-order valence-corrected chi connectivity index (χ2v) is 7.74. The molecule has 4 rings (SSSR count). The van der Waals surface area contributed by atoms with Gasteiger partial charge in [-0.2, -0.15) is 5.10 Å². The Morgan fingerprint density at radius 3 is 2.46 bits per heavy atom. The summed E-state index contributed by atoms with van der Waals surface area (Å²) in [6.07, 6.45) is 5.65. The van der Waals surface area contributed by atoms with Crippen LogP contribution in [0.1, 0.15) is 36.9 Å². The lowest BCUT2D eigenvalue weighted by molar-refractivity contribution is 0.231. The summed E-state index contributed by atoms with van der Waals surface area (Å²) in [6.45, 7) is 1.39. The highest BCUT2D eigenvalue weighted by Crippen LogP contribution is 2.22. The van der Waals surface area contributed by atoms with Crippen molar-refractivity contribution in [2.75, 3.05) is 13.6 Å². The number of fused-ring (bicyclic) bond motifs is 1. The van der Waals surface area contributed by atoms with Gasteiger partial charge in [0.25, 0.3) is 5.56 Å². The second-order valence-electron chi connectivity index (χ2n) is 7.74. The maximum atomic E-state index is 13.2. The van der Waals surface area contributed by atoms with E-state index in [2.05, 4.69) is 11.9 Å². The van der Waals surface area contributed by atoms with Crippen molar-refractivity contribution in [2.45, 2.75) is 44.7 Å². The molecule has 1 aliphatic carbocycles. The molecule has 0 spiro atoms. The Kier molecular flexibility index (Phi) is 5.53. The molecule has 0 amide bonds. The molecule has 1 heterocycles. The van der Waals surface area contributed by atoms with E-state index < -0.39 is 0 Å². The van der Waals surface area contributed by atoms with Crippen molar-refractivity contribution >= 4 is 10.8 Å². The molecule has 1 aliphatic rings. The Bertz CT molecular complexity index is 1010. The molecule has 3 aromatic rings. The molecule has 1 fully saturated rings. The molecular weight excluding hydrogens is 353 g/mol. The van der Waals surface area contributed by atoms with E-state index in [4.69, 9.17) is 5.10 Å². The lowest BCUT2D eigenvalue weighted by Crippen LogP contribution is -2.35. The van der Waals surface area contributed by atoms with Gasteiger partial charge in [-0.3, -0.25) is 4.79 Å². The van der Waals surface area contributed by atoms with Crippen molar-refractivity contribution in [1.82, 2.24) is 14.7 Å². The maximum Gasteiger partial charge on any atom is 0.274 e. The van der Waals surface area contributed by atoms with Crippen molar-refractivity contribution in [2.24, 2.45) is 0 Å². The Hall–Kier alpha value is -2.53. The third kappa shape index (κ3) is 3.99. The summed E-state index contributed by atoms with van der Waals surface area (Å²) < 4.78 is 14.8. The summed E-state index contributed by atoms with van der Waals surface area (Å²) in [6, 6.07) is 14.7. The minimum Gasteiger partial charge on any atom is -0.302 e. The summed E-state index contributed by atoms with van der Waals surface area (Å²) in [5.41, 5.74) is 1.79. The van der Waals surface area contributed by atoms with Gasteiger partial charge in [0, 0.05) is 24.4 Å². The Labute approximate surface area is 164 Å². The summed E-state index contributed by atoms with van der Waals surface area (Å²) >= 11 is 0. The molecular formula is C23H26FN3O. The van der Waals surface area contributed by atoms with Crippen LogP contribution in [0.4, 0.5) is 4.39 Å². The third-order valence-electron chi connectivity index (χ3n) is 5.84. The van der Waals surface area contributed by atoms with Gasteiger partial charge >= 0.3 is 0 Å². The molecule has 0 saturated heterocycles. The first-order valence-electron chi connectivity index (χ1n) is 10.1. The number of halogens is 1. The van der Waals surface area contributed by atoms with E-state index in [1.165, 1.54) is 37.8 Å². The van der Waals surface area contributed by atoms with E-state index in [-0.39, 0.29) is 11.4 Å². The van der Waals surface area contributed by atoms with Gasteiger partial charge in [0.1, 0.15) is 5.82 Å². The van der Waals surface area contributed by atoms with Crippen molar-refractivity contribution in [3.63, 3.8) is 0 Å². The number of nitrogens with zero attached hydrogens (tertiary/aromatic N) is 3. The Morgan fingerprint density at radius 2 is 1.75 bits per heavy atom. The molecule has 0 N–H and O–H groups in total. The minimum absolute atomic E-state index is 0.0433. The van der Waals surface area contributed by atoms with E-state index in [1.807, 2.05) is 24.3 Å². The first-order valence-corrected chi connectivity index (χ1v) is 10.1. The third-order valence-corrected chi connectivity index (χ3v) is 5.84. The highest BCUT2D eigenvalue weighted by Gasteiger charge is 2.19. The zero-order chi connectivity index (χ0) is 19.5. The van der Waals surface area contributed by atoms with Crippen molar-refractivity contribution in [3.8, 4) is 0 Å². The molecule has 5 heteroatoms. The van der Waals surface area contributed by atoms with Gasteiger partial charge < -0.3 is 4.90 Å². The first-order chi connectivity index (χ1) is 13.6. The molecule has 2 aromatic carbocycles. The van der Waals surface area contributed by atoms with Crippen LogP contribution in [0.3, 0.4) is 0 Å². The fourth-order valence-electron chi connectivity index (χ4n) is 4.16. The predicted octanol–water partition coefficient (Wildman–Crippen LogP) is 4.00. The number of likely N-dealkylation sites (N-methyl/N-ethyl adjacent to an activating group) is 1. The van der Waals surface area contributed by atoms with Gasteiger partial charge in [-0.25, -0.2) is 9.07 Å². The standard InChI is InChI=1S/C23H26FN3O/c1-26(19-6-2-3-7-19)14-15-27-23(28)21-9-5-4-8-20(21)22(25-27)16-17-10-12-18(24)13-11-17/h4-5,8-13,19H,2-3,6-7,14-16H2,1H3. The monoisotopic (exact) mass is 379 g/mol. The van der Waals surface area contributed by atoms with E-state index in [9.17, 15) is 9.18 Å². The van der Waals surface area contributed by atoms with Crippen molar-refractivity contribution in [3.05, 3.63) is 76.0 Å². The summed E-state index contributed by atoms with van der Waals surface area (Å²) in [5.74, 6) is -0.249. The molecule has 0 atom stereocenters. The van der Waals surface area contributed by atoms with Gasteiger partial charge in [-0.05, 0) is 43.7 Å². The molecule has 4 nitrogen and oxygen atoms in total. The maximum absolute atomic E-state index is 13.2. The van der Waals surface area contributed by atoms with Crippen LogP contribution in [0.2, 0.25) is 0 Å². The van der Waals surface area contributed by atoms with Crippen LogP contribution in [0.25, 0.3) is 10.8 Å². The van der Waals surface area contributed by atoms with Crippen LogP contribution in [-0.2, 0) is 13.0 Å². The molecule has 0 bridgehead atoms. The lowest BCUT2D eigenvalue weighted by atomic mass is 10.0. The van der Waals surface area contributed by atoms with Crippen LogP contribution < -0.4 is 5.56 Å². The molecule has 0 unspecified atom stereocenters. The molecule has 1 saturated carbocycles. The van der Waals surface area contributed by atoms with E-state index >= 15 is 0 Å². The molecule has 0 radical (unpaired) electrons. The Morgan fingerprint density at radius 1 is 1.07 bits per heavy atom. The van der Waals surface area contributed by atoms with E-state index in [0.717, 1.165) is 23.2 Å². The molecule has 0 aliphatic heterocycles. The fourth-order valence-corrected chi connectivity index (χ4v) is 4.16. The van der Waals surface area contributed by atoms with Crippen LogP contribution in [-0.4, -0.2) is 34.3 Å². The van der Waals surface area contributed by atoms with Crippen LogP contribution in [0, 0.1) is 5.82 Å². The zero-order valence-electron chi connectivity index (χ0n) is 16.3. The normalized spacial score (nSPS) is 15.0. The van der Waals surface area contributed by atoms with Crippen molar-refractivity contribution in [1.29, 1.82) is 0 Å². The summed E-state index contributed by atoms with van der Waals surface area (Å²) in [7, 11) is 2.14. The topological polar surface area (TPSA) is 38.1 Å². The van der Waals surface area contributed by atoms with E-state index in [0.29, 0.717) is 24.4 Å². The fraction of sp³-hybridized carbons (Fsp3) is 0.391.